The number of aryl methyl sites for hydroxylation is 2. The number of carbonyl (C=O) groups excluding carboxylic acids is 2. The number of nitrogens with one attached hydrogen (secondary N) is 1. The third-order valence-electron chi connectivity index (χ3n) is 4.08. The molecular weight excluding hydrogens is 358 g/mol. The van der Waals surface area contributed by atoms with Gasteiger partial charge in [-0.05, 0) is 44.2 Å². The lowest BCUT2D eigenvalue weighted by atomic mass is 10.2. The first-order valence-electron chi connectivity index (χ1n) is 8.89. The van der Waals surface area contributed by atoms with Crippen molar-refractivity contribution in [3.63, 3.8) is 0 Å². The summed E-state index contributed by atoms with van der Waals surface area (Å²) in [6, 6.07) is 14.2. The highest BCUT2D eigenvalue weighted by molar-refractivity contribution is 5.94. The van der Waals surface area contributed by atoms with Gasteiger partial charge in [-0.1, -0.05) is 18.2 Å². The van der Waals surface area contributed by atoms with E-state index in [1.54, 1.807) is 18.2 Å². The van der Waals surface area contributed by atoms with Gasteiger partial charge in [-0.3, -0.25) is 4.79 Å². The van der Waals surface area contributed by atoms with E-state index in [0.717, 1.165) is 17.1 Å². The molecule has 0 unspecified atom stereocenters. The van der Waals surface area contributed by atoms with Gasteiger partial charge in [-0.25, -0.2) is 14.8 Å². The summed E-state index contributed by atoms with van der Waals surface area (Å²) >= 11 is 0. The van der Waals surface area contributed by atoms with E-state index in [1.807, 2.05) is 44.2 Å². The molecule has 1 N–H and O–H groups in total. The number of hydrogen-bond acceptors (Lipinski definition) is 6. The van der Waals surface area contributed by atoms with Gasteiger partial charge in [-0.2, -0.15) is 0 Å². The first-order chi connectivity index (χ1) is 13.5. The van der Waals surface area contributed by atoms with Gasteiger partial charge in [0.15, 0.2) is 6.61 Å². The van der Waals surface area contributed by atoms with Crippen LogP contribution in [0.1, 0.15) is 21.7 Å². The minimum atomic E-state index is -0.586. The van der Waals surface area contributed by atoms with Crippen molar-refractivity contribution in [3.05, 3.63) is 65.5 Å². The lowest BCUT2D eigenvalue weighted by Gasteiger charge is -2.09. The van der Waals surface area contributed by atoms with Crippen LogP contribution in [0, 0.1) is 13.8 Å². The molecule has 0 fully saturated rings. The van der Waals surface area contributed by atoms with Crippen molar-refractivity contribution in [2.24, 2.45) is 0 Å². The lowest BCUT2D eigenvalue weighted by molar-refractivity contribution is -0.124. The third kappa shape index (κ3) is 5.03. The number of fused-ring (bicyclic) bond motifs is 1. The fourth-order valence-corrected chi connectivity index (χ4v) is 2.50. The average Bonchev–Trinajstić information content (AvgIpc) is 2.70. The van der Waals surface area contributed by atoms with Gasteiger partial charge in [0.25, 0.3) is 5.91 Å². The molecule has 28 heavy (non-hydrogen) atoms. The minimum Gasteiger partial charge on any atom is -0.492 e. The van der Waals surface area contributed by atoms with Gasteiger partial charge in [0.1, 0.15) is 12.4 Å². The maximum Gasteiger partial charge on any atom is 0.338 e. The molecule has 0 saturated heterocycles. The molecule has 3 aromatic rings. The standard InChI is InChI=1S/C21H21N3O4/c1-14-15(2)24-19-12-16(8-9-18(19)23-14)21(26)28-13-20(25)22-10-11-27-17-6-4-3-5-7-17/h3-9,12H,10-11,13H2,1-2H3,(H,22,25). The van der Waals surface area contributed by atoms with Crippen LogP contribution in [0.25, 0.3) is 11.0 Å². The number of ether oxygens (including phenoxy) is 2. The summed E-state index contributed by atoms with van der Waals surface area (Å²) in [5.41, 5.74) is 3.28. The Morgan fingerprint density at radius 1 is 0.964 bits per heavy atom. The number of carbonyl (C=O) groups is 2. The lowest BCUT2D eigenvalue weighted by Crippen LogP contribution is -2.32. The van der Waals surface area contributed by atoms with Crippen LogP contribution in [0.15, 0.2) is 48.5 Å². The molecule has 0 saturated carbocycles. The van der Waals surface area contributed by atoms with Crippen LogP contribution in [-0.2, 0) is 9.53 Å². The summed E-state index contributed by atoms with van der Waals surface area (Å²) in [5.74, 6) is -0.248. The summed E-state index contributed by atoms with van der Waals surface area (Å²) in [4.78, 5) is 32.9. The van der Waals surface area contributed by atoms with Gasteiger partial charge >= 0.3 is 5.97 Å². The predicted molar refractivity (Wildman–Crippen MR) is 104 cm³/mol. The molecule has 1 heterocycles. The second kappa shape index (κ2) is 8.94. The highest BCUT2D eigenvalue weighted by Crippen LogP contribution is 2.15. The van der Waals surface area contributed by atoms with Gasteiger partial charge in [0.2, 0.25) is 0 Å². The number of para-hydroxylation sites is 1. The molecule has 0 atom stereocenters. The maximum absolute atomic E-state index is 12.2. The first-order valence-corrected chi connectivity index (χ1v) is 8.89. The Balaban J connectivity index is 1.46. The van der Waals surface area contributed by atoms with Crippen molar-refractivity contribution in [2.45, 2.75) is 13.8 Å². The van der Waals surface area contributed by atoms with Crippen LogP contribution in [-0.4, -0.2) is 41.6 Å². The van der Waals surface area contributed by atoms with Crippen LogP contribution in [0.4, 0.5) is 0 Å². The van der Waals surface area contributed by atoms with Crippen LogP contribution in [0.3, 0.4) is 0 Å². The monoisotopic (exact) mass is 379 g/mol. The molecule has 0 aliphatic heterocycles. The predicted octanol–water partition coefficient (Wildman–Crippen LogP) is 2.60. The molecular formula is C21H21N3O4. The van der Waals surface area contributed by atoms with Crippen LogP contribution in [0.5, 0.6) is 5.75 Å². The molecule has 2 aromatic carbocycles. The Kier molecular flexibility index (Phi) is 6.16. The number of benzene rings is 2. The van der Waals surface area contributed by atoms with Gasteiger partial charge in [0.05, 0.1) is 34.5 Å². The summed E-state index contributed by atoms with van der Waals surface area (Å²) < 4.78 is 10.5. The normalized spacial score (nSPS) is 10.5. The van der Waals surface area contributed by atoms with Crippen molar-refractivity contribution in [1.29, 1.82) is 0 Å². The highest BCUT2D eigenvalue weighted by atomic mass is 16.5. The fourth-order valence-electron chi connectivity index (χ4n) is 2.50. The van der Waals surface area contributed by atoms with E-state index in [4.69, 9.17) is 9.47 Å². The Hall–Kier alpha value is -3.48. The zero-order valence-corrected chi connectivity index (χ0v) is 15.8. The first kappa shape index (κ1) is 19.3. The third-order valence-corrected chi connectivity index (χ3v) is 4.08. The average molecular weight is 379 g/mol. The quantitative estimate of drug-likeness (QED) is 0.501. The Morgan fingerprint density at radius 2 is 1.68 bits per heavy atom. The van der Waals surface area contributed by atoms with Crippen molar-refractivity contribution in [1.82, 2.24) is 15.3 Å². The van der Waals surface area contributed by atoms with E-state index >= 15 is 0 Å². The summed E-state index contributed by atoms with van der Waals surface area (Å²) in [7, 11) is 0. The summed E-state index contributed by atoms with van der Waals surface area (Å²) in [6.45, 7) is 4.02. The van der Waals surface area contributed by atoms with Gasteiger partial charge in [0, 0.05) is 0 Å². The molecule has 0 bridgehead atoms. The summed E-state index contributed by atoms with van der Waals surface area (Å²) in [6.07, 6.45) is 0. The minimum absolute atomic E-state index is 0.315. The number of esters is 1. The van der Waals surface area contributed by atoms with Crippen LogP contribution in [0.2, 0.25) is 0 Å². The largest absolute Gasteiger partial charge is 0.492 e. The topological polar surface area (TPSA) is 90.4 Å². The molecule has 0 aliphatic rings. The Morgan fingerprint density at radius 3 is 2.43 bits per heavy atom. The van der Waals surface area contributed by atoms with Gasteiger partial charge < -0.3 is 14.8 Å². The van der Waals surface area contributed by atoms with E-state index in [2.05, 4.69) is 15.3 Å². The smallest absolute Gasteiger partial charge is 0.338 e. The van der Waals surface area contributed by atoms with E-state index in [1.165, 1.54) is 0 Å². The second-order valence-electron chi connectivity index (χ2n) is 6.19. The molecule has 144 valence electrons. The molecule has 1 aromatic heterocycles. The van der Waals surface area contributed by atoms with Gasteiger partial charge in [-0.15, -0.1) is 0 Å². The zero-order chi connectivity index (χ0) is 19.9. The van der Waals surface area contributed by atoms with E-state index < -0.39 is 11.9 Å². The number of hydrogen-bond donors (Lipinski definition) is 1. The molecule has 3 rings (SSSR count). The number of amides is 1. The van der Waals surface area contributed by atoms with Crippen LogP contribution < -0.4 is 10.1 Å². The molecule has 1 amide bonds. The SMILES string of the molecule is Cc1nc2ccc(C(=O)OCC(=O)NCCOc3ccccc3)cc2nc1C. The van der Waals surface area contributed by atoms with E-state index in [-0.39, 0.29) is 6.61 Å². The zero-order valence-electron chi connectivity index (χ0n) is 15.8. The van der Waals surface area contributed by atoms with E-state index in [0.29, 0.717) is 29.7 Å². The second-order valence-corrected chi connectivity index (χ2v) is 6.19. The van der Waals surface area contributed by atoms with Crippen molar-refractivity contribution < 1.29 is 19.1 Å². The Bertz CT molecular complexity index is 990. The van der Waals surface area contributed by atoms with E-state index in [9.17, 15) is 9.59 Å². The number of nitrogens with zero attached hydrogens (tertiary/aromatic N) is 2. The summed E-state index contributed by atoms with van der Waals surface area (Å²) in [5, 5.41) is 2.64. The fraction of sp³-hybridized carbons (Fsp3) is 0.238. The molecule has 0 spiro atoms. The number of aromatic nitrogens is 2. The molecule has 0 radical (unpaired) electrons. The van der Waals surface area contributed by atoms with Crippen LogP contribution >= 0.6 is 0 Å². The van der Waals surface area contributed by atoms with Crippen molar-refractivity contribution >= 4 is 22.9 Å². The van der Waals surface area contributed by atoms with Crippen molar-refractivity contribution in [3.8, 4) is 5.75 Å². The molecule has 0 aliphatic carbocycles. The number of rotatable bonds is 7. The maximum atomic E-state index is 12.2. The van der Waals surface area contributed by atoms with Crippen molar-refractivity contribution in [2.75, 3.05) is 19.8 Å². The highest BCUT2D eigenvalue weighted by Gasteiger charge is 2.12. The Labute approximate surface area is 162 Å². The molecule has 7 nitrogen and oxygen atoms in total. The molecule has 7 heteroatoms.